The minimum atomic E-state index is 0.113. The van der Waals surface area contributed by atoms with Crippen LogP contribution in [0.5, 0.6) is 0 Å². The summed E-state index contributed by atoms with van der Waals surface area (Å²) < 4.78 is 10.1. The van der Waals surface area contributed by atoms with Gasteiger partial charge in [-0.2, -0.15) is 0 Å². The van der Waals surface area contributed by atoms with Crippen molar-refractivity contribution in [2.24, 2.45) is 0 Å². The van der Waals surface area contributed by atoms with E-state index in [1.807, 2.05) is 7.05 Å². The zero-order valence-corrected chi connectivity index (χ0v) is 9.49. The highest BCUT2D eigenvalue weighted by atomic mass is 16.5. The smallest absolute Gasteiger partial charge is 0.236 e. The van der Waals surface area contributed by atoms with Crippen LogP contribution in [0.1, 0.15) is 6.42 Å². The highest BCUT2D eigenvalue weighted by molar-refractivity contribution is 5.78. The number of hydrogen-bond acceptors (Lipinski definition) is 4. The van der Waals surface area contributed by atoms with Crippen molar-refractivity contribution >= 4 is 5.91 Å². The summed E-state index contributed by atoms with van der Waals surface area (Å²) in [4.78, 5) is 13.4. The van der Waals surface area contributed by atoms with Crippen molar-refractivity contribution < 1.29 is 14.3 Å². The van der Waals surface area contributed by atoms with Crippen LogP contribution in [0.4, 0.5) is 0 Å². The first-order valence-corrected chi connectivity index (χ1v) is 5.28. The van der Waals surface area contributed by atoms with Gasteiger partial charge >= 0.3 is 0 Å². The number of carbonyl (C=O) groups is 1. The second kappa shape index (κ2) is 6.76. The van der Waals surface area contributed by atoms with E-state index in [0.29, 0.717) is 26.3 Å². The number of hydrogen-bond donors (Lipinski definition) is 1. The van der Waals surface area contributed by atoms with E-state index in [2.05, 4.69) is 5.32 Å². The lowest BCUT2D eigenvalue weighted by atomic mass is 10.2. The van der Waals surface area contributed by atoms with E-state index in [1.165, 1.54) is 0 Å². The third kappa shape index (κ3) is 4.15. The van der Waals surface area contributed by atoms with Crippen molar-refractivity contribution in [2.75, 3.05) is 47.1 Å². The average molecular weight is 216 g/mol. The zero-order chi connectivity index (χ0) is 11.1. The van der Waals surface area contributed by atoms with Crippen molar-refractivity contribution in [3.8, 4) is 0 Å². The number of ether oxygens (including phenoxy) is 2. The van der Waals surface area contributed by atoms with Crippen molar-refractivity contribution in [1.29, 1.82) is 0 Å². The number of carbonyl (C=O) groups excluding carboxylic acids is 1. The third-order valence-electron chi connectivity index (χ3n) is 2.61. The minimum absolute atomic E-state index is 0.113. The van der Waals surface area contributed by atoms with E-state index in [1.54, 1.807) is 12.0 Å². The fraction of sp³-hybridized carbons (Fsp3) is 0.900. The zero-order valence-electron chi connectivity index (χ0n) is 9.49. The fourth-order valence-corrected chi connectivity index (χ4v) is 1.53. The second-order valence-electron chi connectivity index (χ2n) is 3.69. The lowest BCUT2D eigenvalue weighted by Gasteiger charge is -2.23. The lowest BCUT2D eigenvalue weighted by molar-refractivity contribution is -0.131. The van der Waals surface area contributed by atoms with Gasteiger partial charge in [0.05, 0.1) is 25.8 Å². The molecule has 0 radical (unpaired) electrons. The first-order valence-electron chi connectivity index (χ1n) is 5.28. The van der Waals surface area contributed by atoms with E-state index < -0.39 is 0 Å². The Balaban J connectivity index is 2.14. The molecular formula is C10H20N2O3. The number of amides is 1. The number of rotatable bonds is 6. The number of likely N-dealkylation sites (N-methyl/N-ethyl adjacent to an activating group) is 1. The normalized spacial score (nSPS) is 20.5. The molecule has 0 aliphatic carbocycles. The van der Waals surface area contributed by atoms with Crippen LogP contribution in [0.2, 0.25) is 0 Å². The molecule has 5 nitrogen and oxygen atoms in total. The van der Waals surface area contributed by atoms with Crippen molar-refractivity contribution in [3.63, 3.8) is 0 Å². The molecule has 1 rings (SSSR count). The van der Waals surface area contributed by atoms with Crippen LogP contribution >= 0.6 is 0 Å². The van der Waals surface area contributed by atoms with Gasteiger partial charge in [-0.05, 0) is 6.42 Å². The van der Waals surface area contributed by atoms with Crippen molar-refractivity contribution in [2.45, 2.75) is 12.5 Å². The molecule has 0 bridgehead atoms. The third-order valence-corrected chi connectivity index (χ3v) is 2.61. The monoisotopic (exact) mass is 216 g/mol. The predicted octanol–water partition coefficient (Wildman–Crippen LogP) is -0.530. The van der Waals surface area contributed by atoms with Crippen LogP contribution in [0.3, 0.4) is 0 Å². The van der Waals surface area contributed by atoms with Crippen LogP contribution in [0.15, 0.2) is 0 Å². The van der Waals surface area contributed by atoms with Gasteiger partial charge in [0.15, 0.2) is 0 Å². The molecule has 0 spiro atoms. The van der Waals surface area contributed by atoms with Gasteiger partial charge in [-0.1, -0.05) is 0 Å². The Hall–Kier alpha value is -0.650. The van der Waals surface area contributed by atoms with E-state index in [0.717, 1.165) is 13.0 Å². The molecule has 1 amide bonds. The highest BCUT2D eigenvalue weighted by Gasteiger charge is 2.23. The summed E-state index contributed by atoms with van der Waals surface area (Å²) in [5, 5.41) is 3.03. The van der Waals surface area contributed by atoms with Crippen LogP contribution in [-0.2, 0) is 14.3 Å². The van der Waals surface area contributed by atoms with Crippen LogP contribution in [-0.4, -0.2) is 63.9 Å². The summed E-state index contributed by atoms with van der Waals surface area (Å²) in [6.07, 6.45) is 0.945. The number of methoxy groups -OCH3 is 1. The lowest BCUT2D eigenvalue weighted by Crippen LogP contribution is -2.42. The van der Waals surface area contributed by atoms with E-state index in [-0.39, 0.29) is 11.9 Å². The molecule has 1 unspecified atom stereocenters. The molecule has 88 valence electrons. The Kier molecular flexibility index (Phi) is 5.60. The Morgan fingerprint density at radius 3 is 3.07 bits per heavy atom. The Labute approximate surface area is 90.7 Å². The summed E-state index contributed by atoms with van der Waals surface area (Å²) in [5.74, 6) is 0.113. The van der Waals surface area contributed by atoms with Gasteiger partial charge < -0.3 is 19.7 Å². The van der Waals surface area contributed by atoms with Crippen LogP contribution in [0, 0.1) is 0 Å². The molecule has 1 N–H and O–H groups in total. The molecule has 5 heteroatoms. The van der Waals surface area contributed by atoms with Gasteiger partial charge in [-0.3, -0.25) is 4.79 Å². The second-order valence-corrected chi connectivity index (χ2v) is 3.69. The van der Waals surface area contributed by atoms with E-state index in [9.17, 15) is 4.79 Å². The van der Waals surface area contributed by atoms with Gasteiger partial charge in [0.2, 0.25) is 5.91 Å². The molecule has 0 aromatic carbocycles. The van der Waals surface area contributed by atoms with Crippen molar-refractivity contribution in [1.82, 2.24) is 10.2 Å². The maximum absolute atomic E-state index is 11.7. The standard InChI is InChI=1S/C10H20N2O3/c1-12(9-3-5-15-8-9)10(13)7-11-4-6-14-2/h9,11H,3-8H2,1-2H3. The minimum Gasteiger partial charge on any atom is -0.383 e. The average Bonchev–Trinajstić information content (AvgIpc) is 2.76. The Morgan fingerprint density at radius 2 is 2.47 bits per heavy atom. The quantitative estimate of drug-likeness (QED) is 0.606. The Bertz CT molecular complexity index is 193. The molecule has 15 heavy (non-hydrogen) atoms. The molecule has 1 heterocycles. The molecule has 0 saturated carbocycles. The summed E-state index contributed by atoms with van der Waals surface area (Å²) >= 11 is 0. The maximum atomic E-state index is 11.7. The molecular weight excluding hydrogens is 196 g/mol. The van der Waals surface area contributed by atoms with Gasteiger partial charge in [-0.15, -0.1) is 0 Å². The molecule has 1 fully saturated rings. The molecule has 0 aromatic heterocycles. The number of nitrogens with one attached hydrogen (secondary N) is 1. The van der Waals surface area contributed by atoms with E-state index >= 15 is 0 Å². The van der Waals surface area contributed by atoms with Crippen LogP contribution < -0.4 is 5.32 Å². The molecule has 1 saturated heterocycles. The molecule has 1 atom stereocenters. The van der Waals surface area contributed by atoms with Gasteiger partial charge in [-0.25, -0.2) is 0 Å². The molecule has 1 aliphatic heterocycles. The SMILES string of the molecule is COCCNCC(=O)N(C)C1CCOC1. The highest BCUT2D eigenvalue weighted by Crippen LogP contribution is 2.10. The summed E-state index contributed by atoms with van der Waals surface area (Å²) in [7, 11) is 3.48. The first-order chi connectivity index (χ1) is 7.25. The molecule has 0 aromatic rings. The summed E-state index contributed by atoms with van der Waals surface area (Å²) in [6, 6.07) is 0.252. The van der Waals surface area contributed by atoms with Gasteiger partial charge in [0.25, 0.3) is 0 Å². The topological polar surface area (TPSA) is 50.8 Å². The fourth-order valence-electron chi connectivity index (χ4n) is 1.53. The predicted molar refractivity (Wildman–Crippen MR) is 56.7 cm³/mol. The number of nitrogens with zero attached hydrogens (tertiary/aromatic N) is 1. The summed E-state index contributed by atoms with van der Waals surface area (Å²) in [6.45, 7) is 3.14. The van der Waals surface area contributed by atoms with Gasteiger partial charge in [0.1, 0.15) is 0 Å². The largest absolute Gasteiger partial charge is 0.383 e. The maximum Gasteiger partial charge on any atom is 0.236 e. The summed E-state index contributed by atoms with van der Waals surface area (Å²) in [5.41, 5.74) is 0. The Morgan fingerprint density at radius 1 is 1.67 bits per heavy atom. The van der Waals surface area contributed by atoms with Crippen LogP contribution in [0.25, 0.3) is 0 Å². The van der Waals surface area contributed by atoms with Crippen molar-refractivity contribution in [3.05, 3.63) is 0 Å². The first kappa shape index (κ1) is 12.4. The van der Waals surface area contributed by atoms with E-state index in [4.69, 9.17) is 9.47 Å². The molecule has 1 aliphatic rings. The van der Waals surface area contributed by atoms with Gasteiger partial charge in [0, 0.05) is 27.3 Å².